The molecule has 0 aromatic carbocycles. The summed E-state index contributed by atoms with van der Waals surface area (Å²) in [7, 11) is 1.45. The summed E-state index contributed by atoms with van der Waals surface area (Å²) in [5.41, 5.74) is 0.424. The normalized spacial score (nSPS) is 17.4. The van der Waals surface area contributed by atoms with Gasteiger partial charge in [-0.05, 0) is 22.4 Å². The Kier molecular flexibility index (Phi) is 4.94. The van der Waals surface area contributed by atoms with Crippen LogP contribution < -0.4 is 10.1 Å². The molecule has 2 N–H and O–H groups in total. The monoisotopic (exact) mass is 358 g/mol. The number of halogens is 1. The maximum Gasteiger partial charge on any atom is 0.407 e. The van der Waals surface area contributed by atoms with Crippen LogP contribution in [0.2, 0.25) is 0 Å². The molecule has 2 amide bonds. The van der Waals surface area contributed by atoms with Crippen molar-refractivity contribution in [1.82, 2.24) is 20.2 Å². The van der Waals surface area contributed by atoms with Crippen molar-refractivity contribution in [2.75, 3.05) is 13.7 Å². The fraction of sp³-hybridized carbons (Fsp3) is 0.500. The number of ether oxygens (including phenoxy) is 1. The molecule has 21 heavy (non-hydrogen) atoms. The number of nitrogens with zero attached hydrogens (tertiary/aromatic N) is 3. The van der Waals surface area contributed by atoms with E-state index in [4.69, 9.17) is 4.74 Å². The van der Waals surface area contributed by atoms with E-state index in [1.54, 1.807) is 0 Å². The minimum absolute atomic E-state index is 0.0468. The standard InChI is InChI=1S/C12H15BrN4O4/c1-21-11-8(14-4-9(13)16-11)6-17(12(19)20)5-7-2-3-10(18)15-7/h4,7H,2-3,5-6H2,1H3,(H,15,18)(H,19,20). The van der Waals surface area contributed by atoms with Crippen LogP contribution in [0.25, 0.3) is 0 Å². The van der Waals surface area contributed by atoms with Gasteiger partial charge in [0, 0.05) is 19.0 Å². The van der Waals surface area contributed by atoms with Crippen LogP contribution in [0.15, 0.2) is 10.8 Å². The Bertz CT molecular complexity index is 554. The number of carboxylic acid groups (broad SMARTS) is 1. The van der Waals surface area contributed by atoms with Crippen LogP contribution in [0.1, 0.15) is 18.5 Å². The highest BCUT2D eigenvalue weighted by atomic mass is 79.9. The van der Waals surface area contributed by atoms with Gasteiger partial charge < -0.3 is 20.1 Å². The fourth-order valence-electron chi connectivity index (χ4n) is 2.12. The SMILES string of the molecule is COc1nc(Br)cnc1CN(CC1CCC(=O)N1)C(=O)O. The maximum absolute atomic E-state index is 11.4. The summed E-state index contributed by atoms with van der Waals surface area (Å²) >= 11 is 3.18. The van der Waals surface area contributed by atoms with E-state index >= 15 is 0 Å². The molecule has 0 radical (unpaired) electrons. The molecule has 1 fully saturated rings. The summed E-state index contributed by atoms with van der Waals surface area (Å²) in [6, 6.07) is -0.164. The minimum Gasteiger partial charge on any atom is -0.480 e. The Balaban J connectivity index is 2.09. The van der Waals surface area contributed by atoms with Crippen molar-refractivity contribution in [3.05, 3.63) is 16.5 Å². The third kappa shape index (κ3) is 4.03. The van der Waals surface area contributed by atoms with E-state index in [2.05, 4.69) is 31.2 Å². The molecule has 1 aromatic rings. The molecule has 2 rings (SSSR count). The predicted molar refractivity (Wildman–Crippen MR) is 75.9 cm³/mol. The number of amides is 2. The summed E-state index contributed by atoms with van der Waals surface area (Å²) < 4.78 is 5.61. The average Bonchev–Trinajstić information content (AvgIpc) is 2.85. The second-order valence-corrected chi connectivity index (χ2v) is 5.43. The Morgan fingerprint density at radius 2 is 2.43 bits per heavy atom. The number of aromatic nitrogens is 2. The van der Waals surface area contributed by atoms with Crippen LogP contribution in [0.3, 0.4) is 0 Å². The highest BCUT2D eigenvalue weighted by Crippen LogP contribution is 2.19. The van der Waals surface area contributed by atoms with E-state index in [9.17, 15) is 14.7 Å². The number of hydrogen-bond acceptors (Lipinski definition) is 5. The average molecular weight is 359 g/mol. The Morgan fingerprint density at radius 1 is 1.67 bits per heavy atom. The molecule has 8 nitrogen and oxygen atoms in total. The summed E-state index contributed by atoms with van der Waals surface area (Å²) in [6.45, 7) is 0.257. The van der Waals surface area contributed by atoms with Crippen LogP contribution in [0.4, 0.5) is 4.79 Å². The lowest BCUT2D eigenvalue weighted by Crippen LogP contribution is -2.41. The zero-order valence-corrected chi connectivity index (χ0v) is 13.0. The smallest absolute Gasteiger partial charge is 0.407 e. The summed E-state index contributed by atoms with van der Waals surface area (Å²) in [4.78, 5) is 31.9. The fourth-order valence-corrected chi connectivity index (χ4v) is 2.38. The van der Waals surface area contributed by atoms with Crippen molar-refractivity contribution in [3.8, 4) is 5.88 Å². The molecular formula is C12H15BrN4O4. The van der Waals surface area contributed by atoms with Crippen molar-refractivity contribution < 1.29 is 19.4 Å². The Morgan fingerprint density at radius 3 is 3.00 bits per heavy atom. The highest BCUT2D eigenvalue weighted by Gasteiger charge is 2.26. The molecule has 0 bridgehead atoms. The molecule has 1 saturated heterocycles. The van der Waals surface area contributed by atoms with Gasteiger partial charge >= 0.3 is 6.09 Å². The van der Waals surface area contributed by atoms with Crippen molar-refractivity contribution in [2.24, 2.45) is 0 Å². The van der Waals surface area contributed by atoms with Gasteiger partial charge in [0.2, 0.25) is 11.8 Å². The molecule has 1 aliphatic rings. The largest absolute Gasteiger partial charge is 0.480 e. The number of methoxy groups -OCH3 is 1. The van der Waals surface area contributed by atoms with Gasteiger partial charge in [0.05, 0.1) is 19.9 Å². The van der Waals surface area contributed by atoms with Gasteiger partial charge in [-0.25, -0.2) is 9.78 Å². The van der Waals surface area contributed by atoms with Gasteiger partial charge in [-0.15, -0.1) is 0 Å². The zero-order chi connectivity index (χ0) is 15.4. The molecule has 114 valence electrons. The quantitative estimate of drug-likeness (QED) is 0.813. The lowest BCUT2D eigenvalue weighted by molar-refractivity contribution is -0.119. The first-order chi connectivity index (χ1) is 9.99. The minimum atomic E-state index is -1.08. The Hall–Kier alpha value is -1.90. The van der Waals surface area contributed by atoms with E-state index in [1.807, 2.05) is 0 Å². The second-order valence-electron chi connectivity index (χ2n) is 4.61. The molecule has 0 saturated carbocycles. The topological polar surface area (TPSA) is 105 Å². The van der Waals surface area contributed by atoms with Crippen molar-refractivity contribution >= 4 is 27.9 Å². The first-order valence-corrected chi connectivity index (χ1v) is 7.11. The van der Waals surface area contributed by atoms with Crippen molar-refractivity contribution in [1.29, 1.82) is 0 Å². The van der Waals surface area contributed by atoms with Gasteiger partial charge in [-0.2, -0.15) is 0 Å². The molecular weight excluding hydrogens is 344 g/mol. The van der Waals surface area contributed by atoms with Crippen LogP contribution in [0, 0.1) is 0 Å². The first kappa shape index (κ1) is 15.5. The van der Waals surface area contributed by atoms with Gasteiger partial charge in [-0.1, -0.05) is 0 Å². The van der Waals surface area contributed by atoms with Crippen LogP contribution in [-0.2, 0) is 11.3 Å². The van der Waals surface area contributed by atoms with Gasteiger partial charge in [-0.3, -0.25) is 9.78 Å². The lowest BCUT2D eigenvalue weighted by atomic mass is 10.2. The third-order valence-electron chi connectivity index (χ3n) is 3.11. The summed E-state index contributed by atoms with van der Waals surface area (Å²) in [5.74, 6) is 0.220. The first-order valence-electron chi connectivity index (χ1n) is 6.32. The molecule has 1 atom stereocenters. The molecule has 0 aliphatic carbocycles. The van der Waals surface area contributed by atoms with Crippen LogP contribution in [0.5, 0.6) is 5.88 Å². The Labute approximate surface area is 129 Å². The van der Waals surface area contributed by atoms with E-state index in [0.717, 1.165) is 0 Å². The molecule has 9 heteroatoms. The zero-order valence-electron chi connectivity index (χ0n) is 11.4. The predicted octanol–water partition coefficient (Wildman–Crippen LogP) is 1.01. The number of rotatable bonds is 5. The van der Waals surface area contributed by atoms with Crippen molar-refractivity contribution in [3.63, 3.8) is 0 Å². The summed E-state index contributed by atoms with van der Waals surface area (Å²) in [6.07, 6.45) is 1.46. The number of nitrogens with one attached hydrogen (secondary N) is 1. The molecule has 1 unspecified atom stereocenters. The van der Waals surface area contributed by atoms with E-state index in [-0.39, 0.29) is 30.9 Å². The number of carbonyl (C=O) groups is 2. The van der Waals surface area contributed by atoms with E-state index < -0.39 is 6.09 Å². The number of carbonyl (C=O) groups excluding carboxylic acids is 1. The van der Waals surface area contributed by atoms with Crippen LogP contribution >= 0.6 is 15.9 Å². The van der Waals surface area contributed by atoms with E-state index in [0.29, 0.717) is 23.1 Å². The molecule has 0 spiro atoms. The summed E-state index contributed by atoms with van der Waals surface area (Å²) in [5, 5.41) is 12.0. The van der Waals surface area contributed by atoms with Gasteiger partial charge in [0.1, 0.15) is 10.3 Å². The van der Waals surface area contributed by atoms with Crippen LogP contribution in [-0.4, -0.2) is 51.7 Å². The van der Waals surface area contributed by atoms with Crippen molar-refractivity contribution in [2.45, 2.75) is 25.4 Å². The van der Waals surface area contributed by atoms with Gasteiger partial charge in [0.15, 0.2) is 0 Å². The lowest BCUT2D eigenvalue weighted by Gasteiger charge is -2.22. The number of hydrogen-bond donors (Lipinski definition) is 2. The second kappa shape index (κ2) is 6.70. The van der Waals surface area contributed by atoms with Gasteiger partial charge in [0.25, 0.3) is 0 Å². The third-order valence-corrected chi connectivity index (χ3v) is 3.49. The molecule has 1 aliphatic heterocycles. The maximum atomic E-state index is 11.4. The molecule has 1 aromatic heterocycles. The molecule has 2 heterocycles. The van der Waals surface area contributed by atoms with E-state index in [1.165, 1.54) is 18.2 Å². The highest BCUT2D eigenvalue weighted by molar-refractivity contribution is 9.10.